The van der Waals surface area contributed by atoms with Crippen LogP contribution in [0.2, 0.25) is 0 Å². The van der Waals surface area contributed by atoms with Crippen molar-refractivity contribution in [1.82, 2.24) is 25.1 Å². The number of piperidine rings is 3. The summed E-state index contributed by atoms with van der Waals surface area (Å²) in [5.41, 5.74) is 6.80. The number of hydrogen-bond acceptors (Lipinski definition) is 7. The first-order valence-electron chi connectivity index (χ1n) is 17.0. The molecule has 5 heterocycles. The number of anilines is 1. The number of nitrogens with one attached hydrogen (secondary N) is 1. The van der Waals surface area contributed by atoms with Crippen molar-refractivity contribution >= 4 is 23.4 Å². The molecule has 0 aliphatic carbocycles. The molecule has 4 aliphatic rings. The summed E-state index contributed by atoms with van der Waals surface area (Å²) < 4.78 is 0. The zero-order chi connectivity index (χ0) is 31.8. The van der Waals surface area contributed by atoms with Crippen molar-refractivity contribution in [2.75, 3.05) is 31.1 Å². The normalized spacial score (nSPS) is 21.6. The van der Waals surface area contributed by atoms with E-state index in [0.717, 1.165) is 69.8 Å². The SMILES string of the molecule is CC(C)c1cnc(C2CCN(c3ccc(CN4CCC(c5ccc6c(c5)CN(C5CCC(=O)NC5=O)C6=O)CC4)cc3)CC2)nc1. The Bertz CT molecular complexity index is 1590. The molecule has 0 spiro atoms. The summed E-state index contributed by atoms with van der Waals surface area (Å²) in [7, 11) is 0. The summed E-state index contributed by atoms with van der Waals surface area (Å²) in [4.78, 5) is 53.1. The molecule has 240 valence electrons. The van der Waals surface area contributed by atoms with Crippen LogP contribution < -0.4 is 10.2 Å². The van der Waals surface area contributed by atoms with Crippen LogP contribution in [0.1, 0.15) is 109 Å². The number of aromatic nitrogens is 2. The van der Waals surface area contributed by atoms with Crippen LogP contribution in [0.3, 0.4) is 0 Å². The van der Waals surface area contributed by atoms with E-state index in [9.17, 15) is 14.4 Å². The van der Waals surface area contributed by atoms with Crippen LogP contribution >= 0.6 is 0 Å². The van der Waals surface area contributed by atoms with Crippen molar-refractivity contribution in [1.29, 1.82) is 0 Å². The lowest BCUT2D eigenvalue weighted by Gasteiger charge is -2.34. The van der Waals surface area contributed by atoms with E-state index in [-0.39, 0.29) is 24.1 Å². The number of hydrogen-bond donors (Lipinski definition) is 1. The second-order valence-electron chi connectivity index (χ2n) is 13.8. The summed E-state index contributed by atoms with van der Waals surface area (Å²) in [6.07, 6.45) is 8.98. The van der Waals surface area contributed by atoms with Crippen molar-refractivity contribution in [2.24, 2.45) is 0 Å². The second-order valence-corrected chi connectivity index (χ2v) is 13.8. The molecule has 9 nitrogen and oxygen atoms in total. The van der Waals surface area contributed by atoms with Crippen LogP contribution in [0.5, 0.6) is 0 Å². The van der Waals surface area contributed by atoms with Gasteiger partial charge in [-0.2, -0.15) is 0 Å². The molecule has 1 unspecified atom stereocenters. The van der Waals surface area contributed by atoms with Crippen LogP contribution in [0.25, 0.3) is 0 Å². The van der Waals surface area contributed by atoms with E-state index in [0.29, 0.717) is 36.3 Å². The summed E-state index contributed by atoms with van der Waals surface area (Å²) in [6.45, 7) is 9.87. The van der Waals surface area contributed by atoms with Gasteiger partial charge in [-0.05, 0) is 97.5 Å². The topological polar surface area (TPSA) is 98.7 Å². The third kappa shape index (κ3) is 6.30. The average molecular weight is 621 g/mol. The average Bonchev–Trinajstić information content (AvgIpc) is 3.40. The lowest BCUT2D eigenvalue weighted by molar-refractivity contribution is -0.136. The molecule has 3 fully saturated rings. The predicted molar refractivity (Wildman–Crippen MR) is 176 cm³/mol. The van der Waals surface area contributed by atoms with Crippen LogP contribution in [0, 0.1) is 0 Å². The maximum atomic E-state index is 13.1. The number of benzene rings is 2. The summed E-state index contributed by atoms with van der Waals surface area (Å²) in [6, 6.07) is 14.8. The van der Waals surface area contributed by atoms with Gasteiger partial charge in [-0.15, -0.1) is 0 Å². The Kier molecular flexibility index (Phi) is 8.60. The molecule has 2 aromatic carbocycles. The highest BCUT2D eigenvalue weighted by molar-refractivity contribution is 6.05. The van der Waals surface area contributed by atoms with Crippen LogP contribution in [-0.2, 0) is 22.7 Å². The molecule has 4 aliphatic heterocycles. The monoisotopic (exact) mass is 620 g/mol. The highest BCUT2D eigenvalue weighted by atomic mass is 16.2. The lowest BCUT2D eigenvalue weighted by atomic mass is 9.87. The highest BCUT2D eigenvalue weighted by Crippen LogP contribution is 2.34. The van der Waals surface area contributed by atoms with Crippen molar-refractivity contribution < 1.29 is 14.4 Å². The molecule has 3 amide bonds. The standard InChI is InChI=1S/C37H44N6O3/c1-24(2)30-20-38-35(39-21-30)27-13-17-42(18-14-27)31-6-3-25(4-7-31)22-41-15-11-26(12-16-41)28-5-8-32-29(19-28)23-43(37(32)46)33-9-10-34(44)40-36(33)45/h3-8,19-21,24,26-27,33H,9-18,22-23H2,1-2H3,(H,40,44,45). The molecule has 3 aromatic rings. The van der Waals surface area contributed by atoms with E-state index in [2.05, 4.69) is 75.3 Å². The molecule has 0 radical (unpaired) electrons. The van der Waals surface area contributed by atoms with E-state index < -0.39 is 6.04 Å². The number of imide groups is 1. The van der Waals surface area contributed by atoms with Gasteiger partial charge < -0.3 is 9.80 Å². The fourth-order valence-corrected chi connectivity index (χ4v) is 7.60. The Morgan fingerprint density at radius 2 is 1.54 bits per heavy atom. The molecular formula is C37H44N6O3. The summed E-state index contributed by atoms with van der Waals surface area (Å²) in [5.74, 6) is 1.62. The van der Waals surface area contributed by atoms with E-state index >= 15 is 0 Å². The molecule has 7 rings (SSSR count). The van der Waals surface area contributed by atoms with Crippen molar-refractivity contribution in [2.45, 2.75) is 89.3 Å². The lowest BCUT2D eigenvalue weighted by Crippen LogP contribution is -2.52. The first-order valence-corrected chi connectivity index (χ1v) is 17.0. The zero-order valence-corrected chi connectivity index (χ0v) is 27.0. The minimum atomic E-state index is -0.571. The molecule has 1 N–H and O–H groups in total. The maximum Gasteiger partial charge on any atom is 0.255 e. The third-order valence-corrected chi connectivity index (χ3v) is 10.5. The van der Waals surface area contributed by atoms with Crippen molar-refractivity contribution in [3.63, 3.8) is 0 Å². The maximum absolute atomic E-state index is 13.1. The fourth-order valence-electron chi connectivity index (χ4n) is 7.60. The quantitative estimate of drug-likeness (QED) is 0.366. The Morgan fingerprint density at radius 3 is 2.22 bits per heavy atom. The summed E-state index contributed by atoms with van der Waals surface area (Å²) in [5, 5.41) is 2.38. The largest absolute Gasteiger partial charge is 0.371 e. The van der Waals surface area contributed by atoms with Gasteiger partial charge in [0.15, 0.2) is 0 Å². The van der Waals surface area contributed by atoms with Gasteiger partial charge >= 0.3 is 0 Å². The number of likely N-dealkylation sites (tertiary alicyclic amines) is 1. The Hall–Kier alpha value is -4.11. The Labute approximate surface area is 271 Å². The van der Waals surface area contributed by atoms with E-state index in [4.69, 9.17) is 0 Å². The minimum absolute atomic E-state index is 0.108. The van der Waals surface area contributed by atoms with E-state index in [1.807, 2.05) is 18.5 Å². The van der Waals surface area contributed by atoms with E-state index in [1.165, 1.54) is 22.4 Å². The molecule has 0 bridgehead atoms. The summed E-state index contributed by atoms with van der Waals surface area (Å²) >= 11 is 0. The fraction of sp³-hybridized carbons (Fsp3) is 0.486. The first kappa shape index (κ1) is 30.5. The van der Waals surface area contributed by atoms with Gasteiger partial charge in [-0.3, -0.25) is 24.6 Å². The smallest absolute Gasteiger partial charge is 0.255 e. The predicted octanol–water partition coefficient (Wildman–Crippen LogP) is 5.12. The molecule has 1 aromatic heterocycles. The number of carbonyl (C=O) groups excluding carboxylic acids is 3. The van der Waals surface area contributed by atoms with Gasteiger partial charge in [0.25, 0.3) is 5.91 Å². The van der Waals surface area contributed by atoms with Gasteiger partial charge in [0.1, 0.15) is 11.9 Å². The molecule has 0 saturated carbocycles. The minimum Gasteiger partial charge on any atom is -0.371 e. The van der Waals surface area contributed by atoms with E-state index in [1.54, 1.807) is 4.90 Å². The van der Waals surface area contributed by atoms with Gasteiger partial charge in [0.05, 0.1) is 0 Å². The Balaban J connectivity index is 0.887. The zero-order valence-electron chi connectivity index (χ0n) is 27.0. The number of fused-ring (bicyclic) bond motifs is 1. The van der Waals surface area contributed by atoms with Crippen molar-refractivity contribution in [3.05, 3.63) is 88.5 Å². The van der Waals surface area contributed by atoms with Crippen LogP contribution in [0.4, 0.5) is 5.69 Å². The third-order valence-electron chi connectivity index (χ3n) is 10.5. The van der Waals surface area contributed by atoms with Crippen LogP contribution in [0.15, 0.2) is 54.9 Å². The van der Waals surface area contributed by atoms with Gasteiger partial charge in [-0.25, -0.2) is 9.97 Å². The molecule has 9 heteroatoms. The molecule has 46 heavy (non-hydrogen) atoms. The highest BCUT2D eigenvalue weighted by Gasteiger charge is 2.39. The van der Waals surface area contributed by atoms with Gasteiger partial charge in [-0.1, -0.05) is 38.1 Å². The first-order chi connectivity index (χ1) is 22.3. The second kappa shape index (κ2) is 12.9. The van der Waals surface area contributed by atoms with Gasteiger partial charge in [0.2, 0.25) is 11.8 Å². The Morgan fingerprint density at radius 1 is 0.848 bits per heavy atom. The molecular weight excluding hydrogens is 576 g/mol. The number of nitrogens with zero attached hydrogens (tertiary/aromatic N) is 5. The van der Waals surface area contributed by atoms with Crippen molar-refractivity contribution in [3.8, 4) is 0 Å². The number of rotatable bonds is 7. The van der Waals surface area contributed by atoms with Gasteiger partial charge in [0, 0.05) is 62.2 Å². The molecule has 3 saturated heterocycles. The number of amides is 3. The van der Waals surface area contributed by atoms with Crippen LogP contribution in [-0.4, -0.2) is 69.7 Å². The number of carbonyl (C=O) groups is 3. The molecule has 1 atom stereocenters.